The number of aryl methyl sites for hydroxylation is 2. The van der Waals surface area contributed by atoms with Gasteiger partial charge in [0.25, 0.3) is 0 Å². The van der Waals surface area contributed by atoms with Crippen molar-refractivity contribution in [3.63, 3.8) is 0 Å². The van der Waals surface area contributed by atoms with Gasteiger partial charge in [0.15, 0.2) is 5.75 Å². The first-order chi connectivity index (χ1) is 12.9. The summed E-state index contributed by atoms with van der Waals surface area (Å²) in [6.45, 7) is 6.83. The van der Waals surface area contributed by atoms with Gasteiger partial charge in [-0.3, -0.25) is 9.59 Å². The second-order valence-corrected chi connectivity index (χ2v) is 7.22. The molecular weight excluding hydrogens is 342 g/mol. The highest BCUT2D eigenvalue weighted by Gasteiger charge is 2.07. The normalized spacial score (nSPS) is 10.8. The fourth-order valence-electron chi connectivity index (χ4n) is 2.52. The molecule has 0 amide bonds. The van der Waals surface area contributed by atoms with E-state index in [4.69, 9.17) is 9.47 Å². The molecule has 0 aliphatic rings. The van der Waals surface area contributed by atoms with Crippen molar-refractivity contribution in [1.29, 1.82) is 0 Å². The number of ether oxygens (including phenoxy) is 2. The number of nitrogens with one attached hydrogen (secondary N) is 1. The Morgan fingerprint density at radius 1 is 1.19 bits per heavy atom. The number of carbonyl (C=O) groups is 1. The number of aromatic nitrogens is 1. The minimum atomic E-state index is -0.264. The summed E-state index contributed by atoms with van der Waals surface area (Å²) in [4.78, 5) is 26.9. The monoisotopic (exact) mass is 371 g/mol. The molecule has 5 heteroatoms. The highest BCUT2D eigenvalue weighted by Crippen LogP contribution is 2.09. The van der Waals surface area contributed by atoms with Gasteiger partial charge in [-0.25, -0.2) is 0 Å². The van der Waals surface area contributed by atoms with Crippen LogP contribution in [0.2, 0.25) is 0 Å². The highest BCUT2D eigenvalue weighted by molar-refractivity contribution is 5.69. The van der Waals surface area contributed by atoms with Gasteiger partial charge in [-0.1, -0.05) is 43.7 Å². The van der Waals surface area contributed by atoms with Crippen LogP contribution in [0.25, 0.3) is 0 Å². The zero-order valence-electron chi connectivity index (χ0n) is 16.4. The van der Waals surface area contributed by atoms with Crippen LogP contribution in [0.1, 0.15) is 49.9 Å². The molecule has 0 aliphatic heterocycles. The maximum absolute atomic E-state index is 12.0. The van der Waals surface area contributed by atoms with Gasteiger partial charge in [0.1, 0.15) is 6.61 Å². The summed E-state index contributed by atoms with van der Waals surface area (Å²) in [5, 5.41) is 0. The smallest absolute Gasteiger partial charge is 0.306 e. The lowest BCUT2D eigenvalue weighted by molar-refractivity contribution is -0.145. The lowest BCUT2D eigenvalue weighted by atomic mass is 10.1. The first kappa shape index (κ1) is 20.7. The molecule has 0 saturated carbocycles. The van der Waals surface area contributed by atoms with Crippen molar-refractivity contribution in [2.75, 3.05) is 6.61 Å². The number of carbonyl (C=O) groups excluding carboxylic acids is 1. The van der Waals surface area contributed by atoms with Crippen LogP contribution in [0.5, 0.6) is 5.75 Å². The topological polar surface area (TPSA) is 68.4 Å². The van der Waals surface area contributed by atoms with E-state index < -0.39 is 0 Å². The summed E-state index contributed by atoms with van der Waals surface area (Å²) in [6, 6.07) is 9.72. The van der Waals surface area contributed by atoms with Crippen LogP contribution in [-0.4, -0.2) is 17.6 Å². The van der Waals surface area contributed by atoms with Gasteiger partial charge in [0.2, 0.25) is 5.43 Å². The molecule has 0 spiro atoms. The van der Waals surface area contributed by atoms with Crippen molar-refractivity contribution in [3.8, 4) is 5.75 Å². The first-order valence-corrected chi connectivity index (χ1v) is 9.49. The van der Waals surface area contributed by atoms with Crippen LogP contribution in [0.4, 0.5) is 0 Å². The highest BCUT2D eigenvalue weighted by atomic mass is 16.5. The molecule has 1 heterocycles. The molecule has 0 bridgehead atoms. The SMILES string of the molecule is Cc1ccc(CCCC(=O)OCc2cc(=O)c(OCCC(C)C)c[nH]2)cc1. The zero-order valence-corrected chi connectivity index (χ0v) is 16.4. The van der Waals surface area contributed by atoms with Gasteiger partial charge in [-0.15, -0.1) is 0 Å². The number of esters is 1. The van der Waals surface area contributed by atoms with Crippen molar-refractivity contribution < 1.29 is 14.3 Å². The molecule has 0 unspecified atom stereocenters. The molecule has 2 rings (SSSR count). The van der Waals surface area contributed by atoms with Crippen molar-refractivity contribution in [2.45, 2.75) is 53.1 Å². The van der Waals surface area contributed by atoms with E-state index in [1.54, 1.807) is 0 Å². The third-order valence-corrected chi connectivity index (χ3v) is 4.25. The van der Waals surface area contributed by atoms with Crippen LogP contribution in [0.3, 0.4) is 0 Å². The molecule has 1 aromatic heterocycles. The summed E-state index contributed by atoms with van der Waals surface area (Å²) in [6.07, 6.45) is 4.36. The molecule has 1 aromatic carbocycles. The maximum atomic E-state index is 12.0. The van der Waals surface area contributed by atoms with Gasteiger partial charge >= 0.3 is 5.97 Å². The second kappa shape index (κ2) is 10.6. The Morgan fingerprint density at radius 2 is 1.93 bits per heavy atom. The number of benzene rings is 1. The Kier molecular flexibility index (Phi) is 8.11. The van der Waals surface area contributed by atoms with Gasteiger partial charge in [-0.05, 0) is 37.7 Å². The predicted molar refractivity (Wildman–Crippen MR) is 106 cm³/mol. The minimum Gasteiger partial charge on any atom is -0.488 e. The van der Waals surface area contributed by atoms with E-state index in [1.807, 2.05) is 0 Å². The number of hydrogen-bond donors (Lipinski definition) is 1. The van der Waals surface area contributed by atoms with E-state index in [-0.39, 0.29) is 18.0 Å². The Hall–Kier alpha value is -2.56. The van der Waals surface area contributed by atoms with Crippen LogP contribution in [0.15, 0.2) is 41.3 Å². The number of rotatable bonds is 10. The van der Waals surface area contributed by atoms with Gasteiger partial charge in [0, 0.05) is 18.7 Å². The Morgan fingerprint density at radius 3 is 2.59 bits per heavy atom. The van der Waals surface area contributed by atoms with Crippen LogP contribution in [-0.2, 0) is 22.6 Å². The van der Waals surface area contributed by atoms with E-state index in [9.17, 15) is 9.59 Å². The fourth-order valence-corrected chi connectivity index (χ4v) is 2.52. The largest absolute Gasteiger partial charge is 0.488 e. The lowest BCUT2D eigenvalue weighted by Crippen LogP contribution is -2.13. The third-order valence-electron chi connectivity index (χ3n) is 4.25. The van der Waals surface area contributed by atoms with Gasteiger partial charge in [0.05, 0.1) is 12.3 Å². The van der Waals surface area contributed by atoms with Gasteiger partial charge < -0.3 is 14.5 Å². The molecule has 0 aliphatic carbocycles. The number of aromatic amines is 1. The zero-order chi connectivity index (χ0) is 19.6. The molecule has 0 fully saturated rings. The van der Waals surface area contributed by atoms with E-state index in [1.165, 1.54) is 23.4 Å². The molecule has 0 radical (unpaired) electrons. The predicted octanol–water partition coefficient (Wildman–Crippen LogP) is 4.17. The number of pyridine rings is 1. The maximum Gasteiger partial charge on any atom is 0.306 e. The Balaban J connectivity index is 1.72. The summed E-state index contributed by atoms with van der Waals surface area (Å²) in [7, 11) is 0. The molecule has 0 saturated heterocycles. The summed E-state index contributed by atoms with van der Waals surface area (Å²) < 4.78 is 10.7. The molecule has 0 atom stereocenters. The van der Waals surface area contributed by atoms with Gasteiger partial charge in [-0.2, -0.15) is 0 Å². The second-order valence-electron chi connectivity index (χ2n) is 7.22. The average Bonchev–Trinajstić information content (AvgIpc) is 2.63. The van der Waals surface area contributed by atoms with Crippen molar-refractivity contribution in [1.82, 2.24) is 4.98 Å². The van der Waals surface area contributed by atoms with E-state index >= 15 is 0 Å². The molecule has 2 aromatic rings. The quantitative estimate of drug-likeness (QED) is 0.636. The molecule has 5 nitrogen and oxygen atoms in total. The fraction of sp³-hybridized carbons (Fsp3) is 0.455. The molecule has 1 N–H and O–H groups in total. The molecule has 146 valence electrons. The lowest BCUT2D eigenvalue weighted by Gasteiger charge is -2.09. The van der Waals surface area contributed by atoms with Crippen LogP contribution >= 0.6 is 0 Å². The summed E-state index contributed by atoms with van der Waals surface area (Å²) in [5.41, 5.74) is 2.79. The van der Waals surface area contributed by atoms with E-state index in [0.29, 0.717) is 30.4 Å². The summed E-state index contributed by atoms with van der Waals surface area (Å²) >= 11 is 0. The van der Waals surface area contributed by atoms with Crippen LogP contribution in [0, 0.1) is 12.8 Å². The summed E-state index contributed by atoms with van der Waals surface area (Å²) in [5.74, 6) is 0.554. The first-order valence-electron chi connectivity index (χ1n) is 9.49. The molecule has 27 heavy (non-hydrogen) atoms. The number of H-pyrrole nitrogens is 1. The van der Waals surface area contributed by atoms with Crippen molar-refractivity contribution in [2.24, 2.45) is 5.92 Å². The third kappa shape index (κ3) is 7.69. The standard InChI is InChI=1S/C22H29NO4/c1-16(2)11-12-26-21-14-23-19(13-20(21)24)15-27-22(25)6-4-5-18-9-7-17(3)8-10-18/h7-10,13-14,16H,4-6,11-12,15H2,1-3H3,(H,23,24). The Labute approximate surface area is 160 Å². The minimum absolute atomic E-state index is 0.0604. The number of hydrogen-bond acceptors (Lipinski definition) is 4. The molecular formula is C22H29NO4. The van der Waals surface area contributed by atoms with Crippen molar-refractivity contribution >= 4 is 5.97 Å². The Bertz CT molecular complexity index is 778. The average molecular weight is 371 g/mol. The van der Waals surface area contributed by atoms with E-state index in [2.05, 4.69) is 50.0 Å². The van der Waals surface area contributed by atoms with Crippen LogP contribution < -0.4 is 10.2 Å². The van der Waals surface area contributed by atoms with Crippen molar-refractivity contribution in [3.05, 3.63) is 63.6 Å². The van der Waals surface area contributed by atoms with E-state index in [0.717, 1.165) is 19.3 Å².